The zero-order valence-corrected chi connectivity index (χ0v) is 19.1. The Morgan fingerprint density at radius 3 is 2.32 bits per heavy atom. The minimum atomic E-state index is -0.348. The molecule has 3 rings (SSSR count). The van der Waals surface area contributed by atoms with Gasteiger partial charge in [0.05, 0.1) is 12.3 Å². The molecule has 1 aromatic heterocycles. The van der Waals surface area contributed by atoms with Gasteiger partial charge in [-0.25, -0.2) is 15.4 Å². The molecule has 3 aromatic rings. The van der Waals surface area contributed by atoms with Gasteiger partial charge < -0.3 is 15.4 Å². The van der Waals surface area contributed by atoms with Gasteiger partial charge in [0.1, 0.15) is 5.75 Å². The Kier molecular flexibility index (Phi) is 9.36. The molecular weight excluding hydrogens is 434 g/mol. The van der Waals surface area contributed by atoms with E-state index in [1.807, 2.05) is 54.6 Å². The lowest BCUT2D eigenvalue weighted by Crippen LogP contribution is -2.17. The van der Waals surface area contributed by atoms with Crippen molar-refractivity contribution in [2.75, 3.05) is 17.2 Å². The highest BCUT2D eigenvalue weighted by Gasteiger charge is 2.05. The van der Waals surface area contributed by atoms with Crippen LogP contribution in [0.15, 0.2) is 60.8 Å². The van der Waals surface area contributed by atoms with Gasteiger partial charge in [0.15, 0.2) is 0 Å². The number of ether oxygens (including phenoxy) is 1. The Bertz CT molecular complexity index is 1070. The van der Waals surface area contributed by atoms with Crippen LogP contribution in [0.4, 0.5) is 17.3 Å². The molecule has 0 bridgehead atoms. The van der Waals surface area contributed by atoms with Gasteiger partial charge in [0.2, 0.25) is 17.8 Å². The van der Waals surface area contributed by atoms with E-state index >= 15 is 0 Å². The van der Waals surface area contributed by atoms with E-state index in [2.05, 4.69) is 20.6 Å². The summed E-state index contributed by atoms with van der Waals surface area (Å²) in [4.78, 5) is 31.0. The van der Waals surface area contributed by atoms with Crippen LogP contribution >= 0.6 is 0 Å². The SMILES string of the molecule is CC(=O)Nc1ccc(-c2ccnc(Nc3ccc(OCCCCCCC(=O)NO)cc3)n2)cc1. The second-order valence-electron chi connectivity index (χ2n) is 7.72. The molecule has 2 aromatic carbocycles. The van der Waals surface area contributed by atoms with E-state index in [1.54, 1.807) is 11.7 Å². The van der Waals surface area contributed by atoms with Crippen molar-refractivity contribution < 1.29 is 19.5 Å². The number of aromatic nitrogens is 2. The average molecular weight is 464 g/mol. The third-order valence-corrected chi connectivity index (χ3v) is 4.96. The van der Waals surface area contributed by atoms with E-state index < -0.39 is 0 Å². The highest BCUT2D eigenvalue weighted by molar-refractivity contribution is 5.88. The standard InChI is InChI=1S/C25H29N5O4/c1-18(31)27-20-9-7-19(8-10-20)23-15-16-26-25(29-23)28-21-11-13-22(14-12-21)34-17-5-3-2-4-6-24(32)30-33/h7-16,33H,2-6,17H2,1H3,(H,27,31)(H,30,32)(H,26,28,29). The van der Waals surface area contributed by atoms with Gasteiger partial charge in [0.25, 0.3) is 0 Å². The molecule has 0 aliphatic carbocycles. The number of unbranched alkanes of at least 4 members (excludes halogenated alkanes) is 3. The Labute approximate surface area is 198 Å². The lowest BCUT2D eigenvalue weighted by Gasteiger charge is -2.09. The number of benzene rings is 2. The van der Waals surface area contributed by atoms with Crippen LogP contribution in [0.25, 0.3) is 11.3 Å². The molecule has 1 heterocycles. The van der Waals surface area contributed by atoms with Crippen LogP contribution in [0.1, 0.15) is 39.0 Å². The van der Waals surface area contributed by atoms with E-state index in [9.17, 15) is 9.59 Å². The number of carbonyl (C=O) groups is 2. The van der Waals surface area contributed by atoms with Crippen molar-refractivity contribution >= 4 is 29.1 Å². The summed E-state index contributed by atoms with van der Waals surface area (Å²) in [5.41, 5.74) is 4.90. The summed E-state index contributed by atoms with van der Waals surface area (Å²) in [6, 6.07) is 16.9. The van der Waals surface area contributed by atoms with Crippen molar-refractivity contribution in [3.8, 4) is 17.0 Å². The third kappa shape index (κ3) is 8.18. The molecule has 0 atom stereocenters. The second kappa shape index (κ2) is 12.9. The Hall–Kier alpha value is -3.98. The lowest BCUT2D eigenvalue weighted by molar-refractivity contribution is -0.129. The molecular formula is C25H29N5O4. The molecule has 0 fully saturated rings. The van der Waals surface area contributed by atoms with E-state index in [1.165, 1.54) is 6.92 Å². The number of hydrogen-bond donors (Lipinski definition) is 4. The van der Waals surface area contributed by atoms with Gasteiger partial charge in [0, 0.05) is 36.5 Å². The maximum absolute atomic E-state index is 11.2. The number of rotatable bonds is 12. The molecule has 178 valence electrons. The van der Waals surface area contributed by atoms with Crippen LogP contribution in [0.3, 0.4) is 0 Å². The van der Waals surface area contributed by atoms with Crippen LogP contribution in [-0.4, -0.2) is 33.6 Å². The van der Waals surface area contributed by atoms with Crippen molar-refractivity contribution in [2.24, 2.45) is 0 Å². The number of anilines is 3. The summed E-state index contributed by atoms with van der Waals surface area (Å²) in [6.07, 6.45) is 5.55. The number of hydroxylamine groups is 1. The smallest absolute Gasteiger partial charge is 0.243 e. The number of amides is 2. The van der Waals surface area contributed by atoms with E-state index in [0.717, 1.165) is 54.1 Å². The number of nitrogens with zero attached hydrogens (tertiary/aromatic N) is 2. The van der Waals surface area contributed by atoms with Crippen molar-refractivity contribution in [1.82, 2.24) is 15.4 Å². The van der Waals surface area contributed by atoms with Crippen LogP contribution in [0.5, 0.6) is 5.75 Å². The largest absolute Gasteiger partial charge is 0.494 e. The van der Waals surface area contributed by atoms with Gasteiger partial charge >= 0.3 is 0 Å². The molecule has 0 saturated carbocycles. The quantitative estimate of drug-likeness (QED) is 0.175. The van der Waals surface area contributed by atoms with Gasteiger partial charge in [-0.15, -0.1) is 0 Å². The van der Waals surface area contributed by atoms with Crippen LogP contribution in [0.2, 0.25) is 0 Å². The summed E-state index contributed by atoms with van der Waals surface area (Å²) in [6.45, 7) is 2.08. The minimum absolute atomic E-state index is 0.111. The van der Waals surface area contributed by atoms with E-state index in [4.69, 9.17) is 9.94 Å². The van der Waals surface area contributed by atoms with Crippen molar-refractivity contribution in [3.63, 3.8) is 0 Å². The highest BCUT2D eigenvalue weighted by atomic mass is 16.5. The fraction of sp³-hybridized carbons (Fsp3) is 0.280. The molecule has 0 aliphatic rings. The molecule has 2 amide bonds. The third-order valence-electron chi connectivity index (χ3n) is 4.96. The van der Waals surface area contributed by atoms with Crippen LogP contribution < -0.4 is 20.9 Å². The molecule has 0 spiro atoms. The van der Waals surface area contributed by atoms with Gasteiger partial charge in [-0.1, -0.05) is 25.0 Å². The number of hydrogen-bond acceptors (Lipinski definition) is 7. The predicted octanol–water partition coefficient (Wildman–Crippen LogP) is 4.68. The first-order valence-corrected chi connectivity index (χ1v) is 11.2. The molecule has 34 heavy (non-hydrogen) atoms. The zero-order chi connectivity index (χ0) is 24.2. The maximum Gasteiger partial charge on any atom is 0.243 e. The second-order valence-corrected chi connectivity index (χ2v) is 7.72. The summed E-state index contributed by atoms with van der Waals surface area (Å²) in [5.74, 6) is 0.797. The van der Waals surface area contributed by atoms with Crippen LogP contribution in [-0.2, 0) is 9.59 Å². The normalized spacial score (nSPS) is 10.4. The molecule has 9 heteroatoms. The van der Waals surface area contributed by atoms with Gasteiger partial charge in [-0.2, -0.15) is 0 Å². The molecule has 0 unspecified atom stereocenters. The predicted molar refractivity (Wildman–Crippen MR) is 130 cm³/mol. The highest BCUT2D eigenvalue weighted by Crippen LogP contribution is 2.22. The Morgan fingerprint density at radius 1 is 0.912 bits per heavy atom. The number of nitrogens with one attached hydrogen (secondary N) is 3. The van der Waals surface area contributed by atoms with Crippen LogP contribution in [0, 0.1) is 0 Å². The topological polar surface area (TPSA) is 125 Å². The summed E-state index contributed by atoms with van der Waals surface area (Å²) >= 11 is 0. The Morgan fingerprint density at radius 2 is 1.62 bits per heavy atom. The van der Waals surface area contributed by atoms with Crippen molar-refractivity contribution in [3.05, 3.63) is 60.8 Å². The maximum atomic E-state index is 11.2. The average Bonchev–Trinajstić information content (AvgIpc) is 2.84. The van der Waals surface area contributed by atoms with E-state index in [-0.39, 0.29) is 11.8 Å². The summed E-state index contributed by atoms with van der Waals surface area (Å²) < 4.78 is 5.77. The Balaban J connectivity index is 1.46. The first kappa shape index (κ1) is 24.7. The molecule has 0 saturated heterocycles. The fourth-order valence-corrected chi connectivity index (χ4v) is 3.26. The molecule has 4 N–H and O–H groups in total. The zero-order valence-electron chi connectivity index (χ0n) is 19.1. The fourth-order valence-electron chi connectivity index (χ4n) is 3.26. The summed E-state index contributed by atoms with van der Waals surface area (Å²) in [7, 11) is 0. The van der Waals surface area contributed by atoms with Crippen molar-refractivity contribution in [2.45, 2.75) is 39.0 Å². The first-order chi connectivity index (χ1) is 16.5. The lowest BCUT2D eigenvalue weighted by atomic mass is 10.1. The number of carbonyl (C=O) groups excluding carboxylic acids is 2. The molecule has 0 aliphatic heterocycles. The van der Waals surface area contributed by atoms with E-state index in [0.29, 0.717) is 19.0 Å². The molecule has 0 radical (unpaired) electrons. The summed E-state index contributed by atoms with van der Waals surface area (Å²) in [5, 5.41) is 14.4. The van der Waals surface area contributed by atoms with Gasteiger partial charge in [-0.3, -0.25) is 14.8 Å². The minimum Gasteiger partial charge on any atom is -0.494 e. The van der Waals surface area contributed by atoms with Crippen molar-refractivity contribution in [1.29, 1.82) is 0 Å². The monoisotopic (exact) mass is 463 g/mol. The molecule has 9 nitrogen and oxygen atoms in total. The first-order valence-electron chi connectivity index (χ1n) is 11.2. The van der Waals surface area contributed by atoms with Gasteiger partial charge in [-0.05, 0) is 55.3 Å².